The van der Waals surface area contributed by atoms with E-state index in [-0.39, 0.29) is 0 Å². The second kappa shape index (κ2) is 6.86. The number of aryl methyl sites for hydroxylation is 2. The summed E-state index contributed by atoms with van der Waals surface area (Å²) in [4.78, 5) is 16.2. The Morgan fingerprint density at radius 3 is 2.81 bits per heavy atom. The van der Waals surface area contributed by atoms with Crippen LogP contribution in [0, 0.1) is 19.8 Å². The van der Waals surface area contributed by atoms with Crippen molar-refractivity contribution in [2.24, 2.45) is 13.0 Å². The Hall–Kier alpha value is -2.76. The summed E-state index contributed by atoms with van der Waals surface area (Å²) in [5.74, 6) is 2.45. The predicted molar refractivity (Wildman–Crippen MR) is 102 cm³/mol. The van der Waals surface area contributed by atoms with Gasteiger partial charge in [0.25, 0.3) is 0 Å². The van der Waals surface area contributed by atoms with E-state index in [4.69, 9.17) is 4.98 Å². The number of hydrogen-bond donors (Lipinski definition) is 0. The van der Waals surface area contributed by atoms with Crippen molar-refractivity contribution in [3.8, 4) is 11.4 Å². The van der Waals surface area contributed by atoms with Crippen molar-refractivity contribution in [2.45, 2.75) is 26.7 Å². The third kappa shape index (κ3) is 3.31. The van der Waals surface area contributed by atoms with Gasteiger partial charge in [0, 0.05) is 55.5 Å². The fraction of sp³-hybridized carbons (Fsp3) is 0.400. The summed E-state index contributed by atoms with van der Waals surface area (Å²) < 4.78 is 1.88. The molecule has 1 fully saturated rings. The minimum absolute atomic E-state index is 0.635. The largest absolute Gasteiger partial charge is 0.356 e. The van der Waals surface area contributed by atoms with Gasteiger partial charge in [0.1, 0.15) is 5.82 Å². The minimum atomic E-state index is 0.635. The first-order valence-electron chi connectivity index (χ1n) is 9.08. The number of rotatable bonds is 4. The fourth-order valence-corrected chi connectivity index (χ4v) is 3.65. The van der Waals surface area contributed by atoms with Gasteiger partial charge >= 0.3 is 0 Å². The van der Waals surface area contributed by atoms with E-state index in [2.05, 4.69) is 40.0 Å². The van der Waals surface area contributed by atoms with E-state index in [1.165, 1.54) is 17.5 Å². The smallest absolute Gasteiger partial charge is 0.163 e. The third-order valence-electron chi connectivity index (χ3n) is 5.15. The van der Waals surface area contributed by atoms with Crippen molar-refractivity contribution < 1.29 is 0 Å². The first-order valence-corrected chi connectivity index (χ1v) is 9.08. The molecule has 0 saturated carbocycles. The molecule has 0 spiro atoms. The fourth-order valence-electron chi connectivity index (χ4n) is 3.65. The average molecular weight is 348 g/mol. The van der Waals surface area contributed by atoms with Gasteiger partial charge in [-0.25, -0.2) is 9.97 Å². The lowest BCUT2D eigenvalue weighted by Gasteiger charge is -2.21. The van der Waals surface area contributed by atoms with Crippen LogP contribution in [-0.4, -0.2) is 37.8 Å². The molecule has 0 amide bonds. The van der Waals surface area contributed by atoms with Crippen molar-refractivity contribution in [3.05, 3.63) is 53.7 Å². The molecule has 1 aliphatic rings. The molecule has 3 aromatic rings. The molecule has 0 radical (unpaired) electrons. The van der Waals surface area contributed by atoms with Gasteiger partial charge in [0.05, 0.1) is 6.20 Å². The molecular formula is C20H24N6. The van der Waals surface area contributed by atoms with Gasteiger partial charge in [0.15, 0.2) is 5.82 Å². The first kappa shape index (κ1) is 16.7. The average Bonchev–Trinajstić information content (AvgIpc) is 3.27. The Labute approximate surface area is 153 Å². The van der Waals surface area contributed by atoms with Crippen molar-refractivity contribution in [1.82, 2.24) is 24.7 Å². The highest BCUT2D eigenvalue weighted by Gasteiger charge is 2.26. The Balaban J connectivity index is 1.56. The summed E-state index contributed by atoms with van der Waals surface area (Å²) in [6.45, 7) is 6.24. The molecule has 3 aromatic heterocycles. The number of aromatic nitrogens is 5. The minimum Gasteiger partial charge on any atom is -0.356 e. The van der Waals surface area contributed by atoms with E-state index in [0.29, 0.717) is 5.92 Å². The van der Waals surface area contributed by atoms with Gasteiger partial charge in [-0.2, -0.15) is 5.10 Å². The number of anilines is 1. The summed E-state index contributed by atoms with van der Waals surface area (Å²) >= 11 is 0. The van der Waals surface area contributed by atoms with Crippen LogP contribution >= 0.6 is 0 Å². The van der Waals surface area contributed by atoms with Crippen LogP contribution in [0.4, 0.5) is 5.82 Å². The summed E-state index contributed by atoms with van der Waals surface area (Å²) in [7, 11) is 1.97. The monoisotopic (exact) mass is 348 g/mol. The molecule has 1 saturated heterocycles. The van der Waals surface area contributed by atoms with Gasteiger partial charge in [-0.3, -0.25) is 9.67 Å². The lowest BCUT2D eigenvalue weighted by molar-refractivity contribution is 0.585. The van der Waals surface area contributed by atoms with Crippen molar-refractivity contribution >= 4 is 5.82 Å². The standard InChI is InChI=1S/C20H24N6/c1-14-15(2)23-19(18-5-4-7-21-11-18)24-20(14)26-8-6-16(13-26)9-17-10-22-25(3)12-17/h4-5,7,10-12,16H,6,8-9,13H2,1-3H3. The molecule has 4 rings (SSSR count). The summed E-state index contributed by atoms with van der Waals surface area (Å²) in [6, 6.07) is 3.93. The zero-order valence-electron chi connectivity index (χ0n) is 15.6. The summed E-state index contributed by atoms with van der Waals surface area (Å²) in [5.41, 5.74) is 4.47. The lowest BCUT2D eigenvalue weighted by Crippen LogP contribution is -2.23. The second-order valence-electron chi connectivity index (χ2n) is 7.15. The first-order chi connectivity index (χ1) is 12.6. The van der Waals surface area contributed by atoms with Crippen LogP contribution in [0.3, 0.4) is 0 Å². The van der Waals surface area contributed by atoms with Gasteiger partial charge in [-0.05, 0) is 50.3 Å². The van der Waals surface area contributed by atoms with Crippen molar-refractivity contribution in [1.29, 1.82) is 0 Å². The highest BCUT2D eigenvalue weighted by molar-refractivity contribution is 5.59. The highest BCUT2D eigenvalue weighted by Crippen LogP contribution is 2.29. The van der Waals surface area contributed by atoms with Crippen molar-refractivity contribution in [2.75, 3.05) is 18.0 Å². The van der Waals surface area contributed by atoms with Gasteiger partial charge < -0.3 is 4.90 Å². The Bertz CT molecular complexity index is 902. The maximum Gasteiger partial charge on any atom is 0.163 e. The zero-order chi connectivity index (χ0) is 18.1. The SMILES string of the molecule is Cc1nc(-c2cccnc2)nc(N2CCC(Cc3cnn(C)c3)C2)c1C. The van der Waals surface area contributed by atoms with Crippen LogP contribution in [0.25, 0.3) is 11.4 Å². The normalized spacial score (nSPS) is 17.0. The Kier molecular flexibility index (Phi) is 4.41. The molecule has 0 N–H and O–H groups in total. The molecular weight excluding hydrogens is 324 g/mol. The van der Waals surface area contributed by atoms with Crippen LogP contribution in [0.5, 0.6) is 0 Å². The zero-order valence-corrected chi connectivity index (χ0v) is 15.6. The van der Waals surface area contributed by atoms with Gasteiger partial charge in [-0.15, -0.1) is 0 Å². The molecule has 1 unspecified atom stereocenters. The second-order valence-corrected chi connectivity index (χ2v) is 7.15. The number of hydrogen-bond acceptors (Lipinski definition) is 5. The van der Waals surface area contributed by atoms with Gasteiger partial charge in [0.2, 0.25) is 0 Å². The van der Waals surface area contributed by atoms with Crippen LogP contribution in [0.1, 0.15) is 23.2 Å². The quantitative estimate of drug-likeness (QED) is 0.725. The topological polar surface area (TPSA) is 59.7 Å². The van der Waals surface area contributed by atoms with Crippen molar-refractivity contribution in [3.63, 3.8) is 0 Å². The molecule has 1 atom stereocenters. The van der Waals surface area contributed by atoms with E-state index in [1.54, 1.807) is 6.20 Å². The maximum absolute atomic E-state index is 4.89. The third-order valence-corrected chi connectivity index (χ3v) is 5.15. The molecule has 4 heterocycles. The number of nitrogens with zero attached hydrogens (tertiary/aromatic N) is 6. The van der Waals surface area contributed by atoms with E-state index >= 15 is 0 Å². The summed E-state index contributed by atoms with van der Waals surface area (Å²) in [5, 5.41) is 4.28. The van der Waals surface area contributed by atoms with E-state index in [9.17, 15) is 0 Å². The van der Waals surface area contributed by atoms with Crippen LogP contribution in [0.15, 0.2) is 36.9 Å². The molecule has 1 aliphatic heterocycles. The number of pyridine rings is 1. The Morgan fingerprint density at radius 1 is 1.19 bits per heavy atom. The van der Waals surface area contributed by atoms with Crippen LogP contribution < -0.4 is 4.90 Å². The lowest BCUT2D eigenvalue weighted by atomic mass is 10.0. The van der Waals surface area contributed by atoms with Crippen LogP contribution in [-0.2, 0) is 13.5 Å². The van der Waals surface area contributed by atoms with E-state index in [1.807, 2.05) is 36.3 Å². The molecule has 0 bridgehead atoms. The Morgan fingerprint density at radius 2 is 2.08 bits per heavy atom. The van der Waals surface area contributed by atoms with Crippen LogP contribution in [0.2, 0.25) is 0 Å². The predicted octanol–water partition coefficient (Wildman–Crippen LogP) is 2.96. The van der Waals surface area contributed by atoms with Gasteiger partial charge in [-0.1, -0.05) is 0 Å². The van der Waals surface area contributed by atoms with E-state index in [0.717, 1.165) is 42.4 Å². The molecule has 6 nitrogen and oxygen atoms in total. The molecule has 134 valence electrons. The molecule has 0 aromatic carbocycles. The highest BCUT2D eigenvalue weighted by atomic mass is 15.2. The maximum atomic E-state index is 4.89. The molecule has 0 aliphatic carbocycles. The summed E-state index contributed by atoms with van der Waals surface area (Å²) in [6.07, 6.45) is 9.94. The molecule has 26 heavy (non-hydrogen) atoms. The molecule has 6 heteroatoms. The van der Waals surface area contributed by atoms with E-state index < -0.39 is 0 Å².